The Morgan fingerprint density at radius 1 is 1.20 bits per heavy atom. The van der Waals surface area contributed by atoms with E-state index in [1.54, 1.807) is 12.5 Å². The zero-order valence-corrected chi connectivity index (χ0v) is 12.6. The van der Waals surface area contributed by atoms with Gasteiger partial charge < -0.3 is 14.6 Å². The van der Waals surface area contributed by atoms with Crippen LogP contribution in [0.4, 0.5) is 5.69 Å². The molecule has 0 aliphatic carbocycles. The quantitative estimate of drug-likeness (QED) is 0.826. The first kappa shape index (κ1) is 14.7. The third-order valence-corrected chi connectivity index (χ3v) is 3.58. The molecule has 1 atom stereocenters. The lowest BCUT2D eigenvalue weighted by Gasteiger charge is -2.26. The Morgan fingerprint density at radius 3 is 2.65 bits per heavy atom. The minimum atomic E-state index is 0.406. The molecule has 1 aromatic heterocycles. The summed E-state index contributed by atoms with van der Waals surface area (Å²) in [5, 5.41) is 3.56. The highest BCUT2D eigenvalue weighted by molar-refractivity contribution is 5.54. The molecule has 0 fully saturated rings. The molecule has 0 amide bonds. The highest BCUT2D eigenvalue weighted by atomic mass is 16.3. The van der Waals surface area contributed by atoms with Crippen LogP contribution in [0.15, 0.2) is 47.3 Å². The monoisotopic (exact) mass is 272 g/mol. The second-order valence-electron chi connectivity index (χ2n) is 5.06. The summed E-state index contributed by atoms with van der Waals surface area (Å²) < 4.78 is 5.15. The lowest BCUT2D eigenvalue weighted by atomic mass is 10.0. The van der Waals surface area contributed by atoms with Crippen LogP contribution < -0.4 is 10.2 Å². The number of hydrogen-bond donors (Lipinski definition) is 1. The largest absolute Gasteiger partial charge is 0.472 e. The third kappa shape index (κ3) is 3.42. The number of rotatable bonds is 7. The molecule has 0 aliphatic heterocycles. The molecule has 1 N–H and O–H groups in total. The van der Waals surface area contributed by atoms with Gasteiger partial charge in [-0.05, 0) is 30.7 Å². The van der Waals surface area contributed by atoms with Crippen LogP contribution in [0, 0.1) is 0 Å². The van der Waals surface area contributed by atoms with Gasteiger partial charge in [0.25, 0.3) is 0 Å². The van der Waals surface area contributed by atoms with Gasteiger partial charge in [0.15, 0.2) is 0 Å². The first-order valence-electron chi connectivity index (χ1n) is 7.30. The van der Waals surface area contributed by atoms with Crippen LogP contribution >= 0.6 is 0 Å². The van der Waals surface area contributed by atoms with Crippen molar-refractivity contribution in [3.8, 4) is 0 Å². The molecule has 2 rings (SSSR count). The highest BCUT2D eigenvalue weighted by Gasteiger charge is 2.15. The fraction of sp³-hybridized carbons (Fsp3) is 0.412. The summed E-state index contributed by atoms with van der Waals surface area (Å²) in [6, 6.07) is 11.0. The van der Waals surface area contributed by atoms with Gasteiger partial charge >= 0.3 is 0 Å². The molecule has 0 radical (unpaired) electrons. The van der Waals surface area contributed by atoms with Crippen molar-refractivity contribution >= 4 is 5.69 Å². The number of nitrogens with zero attached hydrogens (tertiary/aromatic N) is 1. The average Bonchev–Trinajstić information content (AvgIpc) is 2.97. The average molecular weight is 272 g/mol. The second-order valence-corrected chi connectivity index (χ2v) is 5.06. The zero-order valence-electron chi connectivity index (χ0n) is 12.6. The van der Waals surface area contributed by atoms with Crippen molar-refractivity contribution in [1.29, 1.82) is 0 Å². The van der Waals surface area contributed by atoms with Gasteiger partial charge in [-0.25, -0.2) is 0 Å². The van der Waals surface area contributed by atoms with Crippen LogP contribution in [0.5, 0.6) is 0 Å². The molecule has 20 heavy (non-hydrogen) atoms. The number of para-hydroxylation sites is 1. The summed E-state index contributed by atoms with van der Waals surface area (Å²) in [5.41, 5.74) is 3.84. The minimum Gasteiger partial charge on any atom is -0.472 e. The van der Waals surface area contributed by atoms with Gasteiger partial charge in [0.2, 0.25) is 0 Å². The molecule has 1 heterocycles. The van der Waals surface area contributed by atoms with Crippen molar-refractivity contribution < 1.29 is 4.42 Å². The molecule has 0 aliphatic rings. The summed E-state index contributed by atoms with van der Waals surface area (Å²) in [6.45, 7) is 6.22. The van der Waals surface area contributed by atoms with Gasteiger partial charge in [-0.2, -0.15) is 0 Å². The molecule has 0 saturated carbocycles. The van der Waals surface area contributed by atoms with Crippen LogP contribution in [0.25, 0.3) is 0 Å². The van der Waals surface area contributed by atoms with Crippen molar-refractivity contribution in [2.75, 3.05) is 18.5 Å². The minimum absolute atomic E-state index is 0.406. The summed E-state index contributed by atoms with van der Waals surface area (Å²) in [6.07, 6.45) is 4.62. The van der Waals surface area contributed by atoms with Crippen LogP contribution in [0.3, 0.4) is 0 Å². The van der Waals surface area contributed by atoms with Crippen molar-refractivity contribution in [1.82, 2.24) is 5.32 Å². The highest BCUT2D eigenvalue weighted by Crippen LogP contribution is 2.28. The molecule has 108 valence electrons. The van der Waals surface area contributed by atoms with E-state index in [0.717, 1.165) is 19.5 Å². The standard InChI is InChI=1S/C17H24N2O/c1-4-16(18-5-2)15-8-6-7-9-17(15)19(3)12-14-10-11-20-13-14/h6-11,13,16,18H,4-5,12H2,1-3H3. The van der Waals surface area contributed by atoms with E-state index in [1.807, 2.05) is 6.07 Å². The second kappa shape index (κ2) is 7.15. The predicted octanol–water partition coefficient (Wildman–Crippen LogP) is 3.98. The Morgan fingerprint density at radius 2 is 2.00 bits per heavy atom. The maximum Gasteiger partial charge on any atom is 0.0952 e. The summed E-state index contributed by atoms with van der Waals surface area (Å²) >= 11 is 0. The van der Waals surface area contributed by atoms with Crippen LogP contribution in [-0.4, -0.2) is 13.6 Å². The zero-order chi connectivity index (χ0) is 14.4. The smallest absolute Gasteiger partial charge is 0.0952 e. The Kier molecular flexibility index (Phi) is 5.24. The number of anilines is 1. The molecule has 2 aromatic rings. The van der Waals surface area contributed by atoms with Crippen LogP contribution in [0.2, 0.25) is 0 Å². The molecule has 0 saturated heterocycles. The fourth-order valence-corrected chi connectivity index (χ4v) is 2.59. The summed E-state index contributed by atoms with van der Waals surface area (Å²) in [4.78, 5) is 2.28. The van der Waals surface area contributed by atoms with E-state index >= 15 is 0 Å². The Labute approximate surface area is 121 Å². The van der Waals surface area contributed by atoms with Crippen LogP contribution in [0.1, 0.15) is 37.4 Å². The van der Waals surface area contributed by atoms with Crippen LogP contribution in [-0.2, 0) is 6.54 Å². The van der Waals surface area contributed by atoms with E-state index in [4.69, 9.17) is 4.42 Å². The van der Waals surface area contributed by atoms with Crippen molar-refractivity contribution in [3.05, 3.63) is 54.0 Å². The number of benzene rings is 1. The van der Waals surface area contributed by atoms with Gasteiger partial charge in [-0.3, -0.25) is 0 Å². The van der Waals surface area contributed by atoms with Gasteiger partial charge in [0.1, 0.15) is 0 Å². The number of furan rings is 1. The maximum absolute atomic E-state index is 5.15. The van der Waals surface area contributed by atoms with E-state index in [9.17, 15) is 0 Å². The first-order chi connectivity index (χ1) is 9.76. The Balaban J connectivity index is 2.22. The predicted molar refractivity (Wildman–Crippen MR) is 84.0 cm³/mol. The molecular weight excluding hydrogens is 248 g/mol. The molecular formula is C17H24N2O. The third-order valence-electron chi connectivity index (χ3n) is 3.58. The lowest BCUT2D eigenvalue weighted by molar-refractivity contribution is 0.536. The molecule has 1 aromatic carbocycles. The molecule has 3 nitrogen and oxygen atoms in total. The molecule has 1 unspecified atom stereocenters. The number of hydrogen-bond acceptors (Lipinski definition) is 3. The van der Waals surface area contributed by atoms with Crippen molar-refractivity contribution in [3.63, 3.8) is 0 Å². The fourth-order valence-electron chi connectivity index (χ4n) is 2.59. The van der Waals surface area contributed by atoms with Gasteiger partial charge in [-0.15, -0.1) is 0 Å². The Bertz CT molecular complexity index is 507. The van der Waals surface area contributed by atoms with E-state index in [1.165, 1.54) is 16.8 Å². The molecule has 0 spiro atoms. The molecule has 3 heteroatoms. The van der Waals surface area contributed by atoms with E-state index in [-0.39, 0.29) is 0 Å². The van der Waals surface area contributed by atoms with E-state index < -0.39 is 0 Å². The van der Waals surface area contributed by atoms with Crippen molar-refractivity contribution in [2.45, 2.75) is 32.9 Å². The Hall–Kier alpha value is -1.74. The van der Waals surface area contributed by atoms with Crippen molar-refractivity contribution in [2.24, 2.45) is 0 Å². The van der Waals surface area contributed by atoms with E-state index in [0.29, 0.717) is 6.04 Å². The van der Waals surface area contributed by atoms with Gasteiger partial charge in [0, 0.05) is 30.9 Å². The topological polar surface area (TPSA) is 28.4 Å². The SMILES string of the molecule is CCNC(CC)c1ccccc1N(C)Cc1ccoc1. The normalized spacial score (nSPS) is 12.3. The first-order valence-corrected chi connectivity index (χ1v) is 7.30. The van der Waals surface area contributed by atoms with Gasteiger partial charge in [0.05, 0.1) is 12.5 Å². The number of nitrogens with one attached hydrogen (secondary N) is 1. The van der Waals surface area contributed by atoms with Gasteiger partial charge in [-0.1, -0.05) is 32.0 Å². The summed E-state index contributed by atoms with van der Waals surface area (Å²) in [7, 11) is 2.13. The van der Waals surface area contributed by atoms with E-state index in [2.05, 4.69) is 55.4 Å². The lowest BCUT2D eigenvalue weighted by Crippen LogP contribution is -2.24. The maximum atomic E-state index is 5.15. The molecule has 0 bridgehead atoms. The summed E-state index contributed by atoms with van der Waals surface area (Å²) in [5.74, 6) is 0.